The van der Waals surface area contributed by atoms with Crippen molar-refractivity contribution in [1.82, 2.24) is 0 Å². The third kappa shape index (κ3) is 5.18. The average Bonchev–Trinajstić information content (AvgIpc) is 2.69. The van der Waals surface area contributed by atoms with Gasteiger partial charge in [-0.2, -0.15) is 0 Å². The molecule has 2 aromatic carbocycles. The topological polar surface area (TPSA) is 46.0 Å². The van der Waals surface area contributed by atoms with Gasteiger partial charge in [0.25, 0.3) is 5.91 Å². The van der Waals surface area contributed by atoms with Gasteiger partial charge in [0.1, 0.15) is 5.75 Å². The van der Waals surface area contributed by atoms with Crippen LogP contribution in [0.5, 0.6) is 5.75 Å². The van der Waals surface area contributed by atoms with Crippen molar-refractivity contribution in [2.24, 2.45) is 0 Å². The summed E-state index contributed by atoms with van der Waals surface area (Å²) in [6.07, 6.45) is 0. The minimum Gasteiger partial charge on any atom is -0.483 e. The smallest absolute Gasteiger partial charge is 0.262 e. The van der Waals surface area contributed by atoms with Crippen LogP contribution in [0.25, 0.3) is 0 Å². The Hall–Kier alpha value is -2.24. The zero-order chi connectivity index (χ0) is 20.1. The Bertz CT molecular complexity index is 833. The molecule has 150 valence electrons. The van der Waals surface area contributed by atoms with E-state index in [1.165, 1.54) is 0 Å². The minimum atomic E-state index is -0.192. The maximum atomic E-state index is 12.5. The first-order chi connectivity index (χ1) is 13.5. The number of nitrogens with one attached hydrogen (secondary N) is 2. The third-order valence-electron chi connectivity index (χ3n) is 5.25. The number of carbonyl (C=O) groups excluding carboxylic acids is 1. The Balaban J connectivity index is 1.67. The van der Waals surface area contributed by atoms with E-state index >= 15 is 0 Å². The lowest BCUT2D eigenvalue weighted by Crippen LogP contribution is -3.14. The number of anilines is 2. The van der Waals surface area contributed by atoms with Gasteiger partial charge in [0, 0.05) is 5.02 Å². The van der Waals surface area contributed by atoms with E-state index in [1.807, 2.05) is 50.2 Å². The summed E-state index contributed by atoms with van der Waals surface area (Å²) in [5.74, 6) is 0.544. The molecule has 0 atom stereocenters. The number of hydrogen-bond acceptors (Lipinski definition) is 3. The molecule has 1 heterocycles. The Kier molecular flexibility index (Phi) is 6.81. The quantitative estimate of drug-likeness (QED) is 0.781. The number of aryl methyl sites for hydroxylation is 2. The molecule has 0 unspecified atom stereocenters. The second kappa shape index (κ2) is 9.30. The molecule has 3 rings (SSSR count). The van der Waals surface area contributed by atoms with Crippen LogP contribution >= 0.6 is 11.6 Å². The van der Waals surface area contributed by atoms with Gasteiger partial charge >= 0.3 is 0 Å². The predicted octanol–water partition coefficient (Wildman–Crippen LogP) is 2.70. The molecule has 0 spiro atoms. The highest BCUT2D eigenvalue weighted by Crippen LogP contribution is 2.29. The van der Waals surface area contributed by atoms with E-state index in [2.05, 4.69) is 17.1 Å². The number of likely N-dealkylation sites (N-methyl/N-ethyl adjacent to an activating group) is 1. The molecule has 28 heavy (non-hydrogen) atoms. The largest absolute Gasteiger partial charge is 0.483 e. The summed E-state index contributed by atoms with van der Waals surface area (Å²) >= 11 is 6.19. The first-order valence-electron chi connectivity index (χ1n) is 9.84. The van der Waals surface area contributed by atoms with Crippen molar-refractivity contribution in [2.75, 3.05) is 49.5 Å². The Morgan fingerprint density at radius 3 is 2.64 bits per heavy atom. The van der Waals surface area contributed by atoms with Crippen molar-refractivity contribution < 1.29 is 14.4 Å². The Labute approximate surface area is 172 Å². The van der Waals surface area contributed by atoms with Crippen molar-refractivity contribution >= 4 is 28.9 Å². The molecule has 2 N–H and O–H groups in total. The molecular weight excluding hydrogens is 374 g/mol. The van der Waals surface area contributed by atoms with Crippen molar-refractivity contribution in [3.05, 3.63) is 52.5 Å². The molecular formula is C22H29ClN3O2+. The van der Waals surface area contributed by atoms with Crippen LogP contribution in [0.1, 0.15) is 18.1 Å². The zero-order valence-corrected chi connectivity index (χ0v) is 17.6. The monoisotopic (exact) mass is 402 g/mol. The molecule has 6 heteroatoms. The van der Waals surface area contributed by atoms with Crippen molar-refractivity contribution in [3.8, 4) is 5.75 Å². The highest BCUT2D eigenvalue weighted by atomic mass is 35.5. The van der Waals surface area contributed by atoms with Crippen LogP contribution in [0.15, 0.2) is 36.4 Å². The number of piperazine rings is 1. The maximum Gasteiger partial charge on any atom is 0.262 e. The molecule has 1 aliphatic heterocycles. The van der Waals surface area contributed by atoms with Gasteiger partial charge < -0.3 is 19.9 Å². The van der Waals surface area contributed by atoms with Crippen molar-refractivity contribution in [1.29, 1.82) is 0 Å². The Morgan fingerprint density at radius 1 is 1.18 bits per heavy atom. The molecule has 0 saturated carbocycles. The molecule has 2 aromatic rings. The normalized spacial score (nSPS) is 14.8. The van der Waals surface area contributed by atoms with E-state index in [9.17, 15) is 4.79 Å². The highest BCUT2D eigenvalue weighted by Gasteiger charge is 2.21. The fourth-order valence-corrected chi connectivity index (χ4v) is 3.67. The van der Waals surface area contributed by atoms with Crippen LogP contribution in [-0.4, -0.2) is 45.2 Å². The number of amides is 1. The number of halogens is 1. The lowest BCUT2D eigenvalue weighted by Gasteiger charge is -2.34. The molecule has 1 saturated heterocycles. The number of benzene rings is 2. The van der Waals surface area contributed by atoms with Crippen LogP contribution < -0.4 is 19.9 Å². The SMILES string of the molecule is CC[NH+]1CCN(c2ccc(Cl)cc2NC(=O)COc2cc(C)ccc2C)CC1. The molecule has 0 aliphatic carbocycles. The van der Waals surface area contributed by atoms with Gasteiger partial charge in [0.15, 0.2) is 6.61 Å². The molecule has 0 aromatic heterocycles. The van der Waals surface area contributed by atoms with Gasteiger partial charge in [-0.05, 0) is 56.2 Å². The summed E-state index contributed by atoms with van der Waals surface area (Å²) < 4.78 is 5.73. The second-order valence-corrected chi connectivity index (χ2v) is 7.79. The molecule has 5 nitrogen and oxygen atoms in total. The fourth-order valence-electron chi connectivity index (χ4n) is 3.49. The summed E-state index contributed by atoms with van der Waals surface area (Å²) in [4.78, 5) is 16.4. The molecule has 1 fully saturated rings. The summed E-state index contributed by atoms with van der Waals surface area (Å²) in [6, 6.07) is 11.6. The lowest BCUT2D eigenvalue weighted by atomic mass is 10.1. The lowest BCUT2D eigenvalue weighted by molar-refractivity contribution is -0.898. The highest BCUT2D eigenvalue weighted by molar-refractivity contribution is 6.31. The van der Waals surface area contributed by atoms with Crippen LogP contribution in [0.2, 0.25) is 5.02 Å². The number of quaternary nitrogens is 1. The van der Waals surface area contributed by atoms with E-state index < -0.39 is 0 Å². The molecule has 1 amide bonds. The Morgan fingerprint density at radius 2 is 1.93 bits per heavy atom. The number of nitrogens with zero attached hydrogens (tertiary/aromatic N) is 1. The van der Waals surface area contributed by atoms with Gasteiger partial charge in [-0.25, -0.2) is 0 Å². The molecule has 0 bridgehead atoms. The predicted molar refractivity (Wildman–Crippen MR) is 115 cm³/mol. The summed E-state index contributed by atoms with van der Waals surface area (Å²) in [6.45, 7) is 11.4. The number of hydrogen-bond donors (Lipinski definition) is 2. The van der Waals surface area contributed by atoms with E-state index in [1.54, 1.807) is 4.90 Å². The fraction of sp³-hybridized carbons (Fsp3) is 0.409. The summed E-state index contributed by atoms with van der Waals surface area (Å²) in [5.41, 5.74) is 3.87. The van der Waals surface area contributed by atoms with Gasteiger partial charge in [0.2, 0.25) is 0 Å². The standard InChI is InChI=1S/C22H28ClN3O2/c1-4-25-9-11-26(12-10-25)20-8-7-18(23)14-19(20)24-22(27)15-28-21-13-16(2)5-6-17(21)3/h5-8,13-14H,4,9-12,15H2,1-3H3,(H,24,27)/p+1. The number of carbonyl (C=O) groups is 1. The first-order valence-corrected chi connectivity index (χ1v) is 10.2. The van der Waals surface area contributed by atoms with Crippen molar-refractivity contribution in [3.63, 3.8) is 0 Å². The first kappa shape index (κ1) is 20.5. The van der Waals surface area contributed by atoms with Crippen molar-refractivity contribution in [2.45, 2.75) is 20.8 Å². The summed E-state index contributed by atoms with van der Waals surface area (Å²) in [5, 5.41) is 3.59. The van der Waals surface area contributed by atoms with Gasteiger partial charge in [-0.1, -0.05) is 23.7 Å². The minimum absolute atomic E-state index is 0.0377. The van der Waals surface area contributed by atoms with Gasteiger partial charge in [-0.3, -0.25) is 4.79 Å². The molecule has 1 aliphatic rings. The summed E-state index contributed by atoms with van der Waals surface area (Å²) in [7, 11) is 0. The van der Waals surface area contributed by atoms with Crippen LogP contribution in [0.3, 0.4) is 0 Å². The molecule has 0 radical (unpaired) electrons. The van der Waals surface area contributed by atoms with E-state index in [4.69, 9.17) is 16.3 Å². The van der Waals surface area contributed by atoms with Crippen LogP contribution in [0, 0.1) is 13.8 Å². The van der Waals surface area contributed by atoms with Gasteiger partial charge in [0.05, 0.1) is 44.1 Å². The van der Waals surface area contributed by atoms with Crippen LogP contribution in [-0.2, 0) is 4.79 Å². The van der Waals surface area contributed by atoms with E-state index in [0.29, 0.717) is 5.02 Å². The number of rotatable bonds is 6. The third-order valence-corrected chi connectivity index (χ3v) is 5.48. The maximum absolute atomic E-state index is 12.5. The van der Waals surface area contributed by atoms with Crippen LogP contribution in [0.4, 0.5) is 11.4 Å². The zero-order valence-electron chi connectivity index (χ0n) is 16.8. The van der Waals surface area contributed by atoms with E-state index in [-0.39, 0.29) is 12.5 Å². The second-order valence-electron chi connectivity index (χ2n) is 7.36. The average molecular weight is 403 g/mol. The van der Waals surface area contributed by atoms with E-state index in [0.717, 1.165) is 61.0 Å². The number of ether oxygens (including phenoxy) is 1. The van der Waals surface area contributed by atoms with Gasteiger partial charge in [-0.15, -0.1) is 0 Å².